The number of aromatic nitrogens is 5. The molecule has 8 nitrogen and oxygen atoms in total. The minimum atomic E-state index is 0.133. The summed E-state index contributed by atoms with van der Waals surface area (Å²) in [5.74, 6) is 1.45. The summed E-state index contributed by atoms with van der Waals surface area (Å²) in [6.07, 6.45) is 8.08. The van der Waals surface area contributed by atoms with Crippen LogP contribution in [0.1, 0.15) is 18.0 Å². The highest BCUT2D eigenvalue weighted by molar-refractivity contribution is 5.90. The van der Waals surface area contributed by atoms with E-state index >= 15 is 0 Å². The van der Waals surface area contributed by atoms with Crippen molar-refractivity contribution in [3.8, 4) is 28.7 Å². The zero-order valence-corrected chi connectivity index (χ0v) is 16.2. The summed E-state index contributed by atoms with van der Waals surface area (Å²) < 4.78 is 14.3. The van der Waals surface area contributed by atoms with E-state index in [-0.39, 0.29) is 11.9 Å². The van der Waals surface area contributed by atoms with Gasteiger partial charge < -0.3 is 14.6 Å². The molecule has 0 aromatic carbocycles. The lowest BCUT2D eigenvalue weighted by Crippen LogP contribution is -2.09. The van der Waals surface area contributed by atoms with Crippen LogP contribution in [0.15, 0.2) is 43.0 Å². The summed E-state index contributed by atoms with van der Waals surface area (Å²) in [5, 5.41) is 16.2. The molecular formula is C21H21N5O3. The van der Waals surface area contributed by atoms with Gasteiger partial charge in [-0.3, -0.25) is 14.2 Å². The van der Waals surface area contributed by atoms with Crippen LogP contribution in [0.25, 0.3) is 28.0 Å². The number of methoxy groups -OCH3 is 1. The summed E-state index contributed by atoms with van der Waals surface area (Å²) >= 11 is 0. The third-order valence-corrected chi connectivity index (χ3v) is 5.31. The van der Waals surface area contributed by atoms with Crippen LogP contribution < -0.4 is 4.74 Å². The second-order valence-electron chi connectivity index (χ2n) is 7.19. The Bertz CT molecular complexity index is 1190. The standard InChI is InChI=1S/C21H21N5O3/c1-13-7-17(14-8-16(28-2)10-22-9-14)23-18-11-25(21(27)20(13)18)19-3-5-26(24-19)15-4-6-29-12-15/h3,5,7-11,15,27H,4,6,12H2,1-2H3/t15-/m0/s1. The molecule has 1 saturated heterocycles. The third-order valence-electron chi connectivity index (χ3n) is 5.31. The van der Waals surface area contributed by atoms with Crippen LogP contribution in [0, 0.1) is 6.92 Å². The van der Waals surface area contributed by atoms with E-state index in [4.69, 9.17) is 14.5 Å². The minimum absolute atomic E-state index is 0.133. The Balaban J connectivity index is 1.58. The van der Waals surface area contributed by atoms with Crippen molar-refractivity contribution in [2.75, 3.05) is 20.3 Å². The number of aryl methyl sites for hydroxylation is 1. The van der Waals surface area contributed by atoms with Crippen molar-refractivity contribution < 1.29 is 14.6 Å². The van der Waals surface area contributed by atoms with E-state index in [0.717, 1.165) is 29.8 Å². The van der Waals surface area contributed by atoms with E-state index in [1.165, 1.54) is 0 Å². The SMILES string of the molecule is COc1cncc(-c2cc(C)c3c(O)n(-c4ccn([C@H]5CCOC5)n4)cc3n2)c1. The lowest BCUT2D eigenvalue weighted by Gasteiger charge is -2.07. The smallest absolute Gasteiger partial charge is 0.206 e. The van der Waals surface area contributed by atoms with Crippen LogP contribution in [0.5, 0.6) is 11.6 Å². The maximum Gasteiger partial charge on any atom is 0.206 e. The summed E-state index contributed by atoms with van der Waals surface area (Å²) in [5.41, 5.74) is 3.24. The normalized spacial score (nSPS) is 16.6. The Morgan fingerprint density at radius 1 is 1.28 bits per heavy atom. The number of fused-ring (bicyclic) bond motifs is 1. The zero-order valence-electron chi connectivity index (χ0n) is 16.2. The second kappa shape index (κ2) is 6.89. The van der Waals surface area contributed by atoms with E-state index in [1.54, 1.807) is 24.1 Å². The number of pyridine rings is 2. The van der Waals surface area contributed by atoms with Crippen LogP contribution >= 0.6 is 0 Å². The molecule has 0 bridgehead atoms. The Morgan fingerprint density at radius 3 is 2.97 bits per heavy atom. The van der Waals surface area contributed by atoms with Gasteiger partial charge in [-0.2, -0.15) is 5.10 Å². The van der Waals surface area contributed by atoms with Gasteiger partial charge in [-0.15, -0.1) is 0 Å². The summed E-state index contributed by atoms with van der Waals surface area (Å²) in [4.78, 5) is 8.95. The van der Waals surface area contributed by atoms with Crippen LogP contribution in [0.2, 0.25) is 0 Å². The molecule has 8 heteroatoms. The van der Waals surface area contributed by atoms with Gasteiger partial charge in [0.2, 0.25) is 5.88 Å². The van der Waals surface area contributed by atoms with E-state index in [0.29, 0.717) is 29.1 Å². The molecule has 0 amide bonds. The molecule has 0 saturated carbocycles. The Hall–Kier alpha value is -3.39. The fraction of sp³-hybridized carbons (Fsp3) is 0.286. The number of hydrogen-bond acceptors (Lipinski definition) is 6. The van der Waals surface area contributed by atoms with Crippen molar-refractivity contribution in [3.63, 3.8) is 0 Å². The molecule has 4 aromatic rings. The number of nitrogens with zero attached hydrogens (tertiary/aromatic N) is 5. The summed E-state index contributed by atoms with van der Waals surface area (Å²) in [7, 11) is 1.61. The molecule has 0 unspecified atom stereocenters. The van der Waals surface area contributed by atoms with Crippen molar-refractivity contribution in [1.82, 2.24) is 24.3 Å². The minimum Gasteiger partial charge on any atom is -0.495 e. The van der Waals surface area contributed by atoms with Gasteiger partial charge >= 0.3 is 0 Å². The molecule has 1 atom stereocenters. The van der Waals surface area contributed by atoms with E-state index < -0.39 is 0 Å². The molecule has 5 rings (SSSR count). The molecule has 148 valence electrons. The molecule has 29 heavy (non-hydrogen) atoms. The number of rotatable bonds is 4. The maximum atomic E-state index is 10.9. The first-order valence-corrected chi connectivity index (χ1v) is 9.48. The molecule has 0 spiro atoms. The summed E-state index contributed by atoms with van der Waals surface area (Å²) in [6.45, 7) is 3.38. The van der Waals surface area contributed by atoms with Crippen LogP contribution in [-0.4, -0.2) is 49.7 Å². The Morgan fingerprint density at radius 2 is 2.17 bits per heavy atom. The topological polar surface area (TPSA) is 87.2 Å². The van der Waals surface area contributed by atoms with E-state index in [9.17, 15) is 5.11 Å². The number of ether oxygens (including phenoxy) is 2. The zero-order chi connectivity index (χ0) is 20.0. The first-order chi connectivity index (χ1) is 14.1. The molecule has 1 fully saturated rings. The average Bonchev–Trinajstić information content (AvgIpc) is 3.47. The van der Waals surface area contributed by atoms with Gasteiger partial charge in [0.1, 0.15) is 5.75 Å². The van der Waals surface area contributed by atoms with Crippen LogP contribution in [0.4, 0.5) is 0 Å². The van der Waals surface area contributed by atoms with Gasteiger partial charge in [-0.05, 0) is 31.0 Å². The second-order valence-corrected chi connectivity index (χ2v) is 7.19. The number of aromatic hydroxyl groups is 1. The highest BCUT2D eigenvalue weighted by Gasteiger charge is 2.20. The first kappa shape index (κ1) is 17.7. The lowest BCUT2D eigenvalue weighted by molar-refractivity contribution is 0.184. The van der Waals surface area contributed by atoms with Crippen molar-refractivity contribution in [3.05, 3.63) is 48.5 Å². The van der Waals surface area contributed by atoms with Gasteiger partial charge in [0.15, 0.2) is 5.82 Å². The maximum absolute atomic E-state index is 10.9. The molecule has 0 aliphatic carbocycles. The van der Waals surface area contributed by atoms with Crippen LogP contribution in [-0.2, 0) is 4.74 Å². The average molecular weight is 391 g/mol. The highest BCUT2D eigenvalue weighted by atomic mass is 16.5. The van der Waals surface area contributed by atoms with Crippen molar-refractivity contribution >= 4 is 10.9 Å². The molecule has 5 heterocycles. The fourth-order valence-electron chi connectivity index (χ4n) is 3.77. The molecule has 4 aromatic heterocycles. The molecule has 0 radical (unpaired) electrons. The Kier molecular flexibility index (Phi) is 4.21. The van der Waals surface area contributed by atoms with Gasteiger partial charge in [0.05, 0.1) is 42.6 Å². The van der Waals surface area contributed by atoms with Gasteiger partial charge in [0, 0.05) is 36.8 Å². The van der Waals surface area contributed by atoms with Gasteiger partial charge in [-0.1, -0.05) is 0 Å². The van der Waals surface area contributed by atoms with Crippen molar-refractivity contribution in [2.45, 2.75) is 19.4 Å². The van der Waals surface area contributed by atoms with Gasteiger partial charge in [0.25, 0.3) is 0 Å². The first-order valence-electron chi connectivity index (χ1n) is 9.48. The highest BCUT2D eigenvalue weighted by Crippen LogP contribution is 2.34. The van der Waals surface area contributed by atoms with Crippen LogP contribution in [0.3, 0.4) is 0 Å². The van der Waals surface area contributed by atoms with E-state index in [2.05, 4.69) is 10.1 Å². The monoisotopic (exact) mass is 391 g/mol. The molecule has 1 aliphatic heterocycles. The lowest BCUT2D eigenvalue weighted by atomic mass is 10.1. The fourth-order valence-corrected chi connectivity index (χ4v) is 3.77. The summed E-state index contributed by atoms with van der Waals surface area (Å²) in [6, 6.07) is 5.96. The predicted molar refractivity (Wildman–Crippen MR) is 108 cm³/mol. The molecule has 1 N–H and O–H groups in total. The number of hydrogen-bond donors (Lipinski definition) is 1. The largest absolute Gasteiger partial charge is 0.495 e. The Labute approximate surface area is 167 Å². The third kappa shape index (κ3) is 3.01. The molecular weight excluding hydrogens is 370 g/mol. The van der Waals surface area contributed by atoms with Crippen molar-refractivity contribution in [2.24, 2.45) is 0 Å². The van der Waals surface area contributed by atoms with Crippen molar-refractivity contribution in [1.29, 1.82) is 0 Å². The quantitative estimate of drug-likeness (QED) is 0.575. The predicted octanol–water partition coefficient (Wildman–Crippen LogP) is 3.27. The van der Waals surface area contributed by atoms with E-state index in [1.807, 2.05) is 42.2 Å². The molecule has 1 aliphatic rings. The van der Waals surface area contributed by atoms with Gasteiger partial charge in [-0.25, -0.2) is 4.98 Å².